The first-order valence-electron chi connectivity index (χ1n) is 9.35. The van der Waals surface area contributed by atoms with E-state index in [0.717, 1.165) is 49.1 Å². The van der Waals surface area contributed by atoms with E-state index in [1.165, 1.54) is 6.33 Å². The summed E-state index contributed by atoms with van der Waals surface area (Å²) in [6, 6.07) is 3.82. The summed E-state index contributed by atoms with van der Waals surface area (Å²) in [7, 11) is 1.79. The number of aliphatic imine (C=N–C) groups is 1. The van der Waals surface area contributed by atoms with E-state index >= 15 is 0 Å². The number of nitrogens with zero attached hydrogens (tertiary/aromatic N) is 4. The van der Waals surface area contributed by atoms with Crippen molar-refractivity contribution in [3.63, 3.8) is 0 Å². The summed E-state index contributed by atoms with van der Waals surface area (Å²) in [4.78, 5) is 10.9. The second kappa shape index (κ2) is 7.60. The van der Waals surface area contributed by atoms with Crippen LogP contribution in [0.4, 0.5) is 4.39 Å². The van der Waals surface area contributed by atoms with Gasteiger partial charge in [-0.2, -0.15) is 5.10 Å². The van der Waals surface area contributed by atoms with E-state index in [2.05, 4.69) is 31.3 Å². The quantitative estimate of drug-likeness (QED) is 0.895. The van der Waals surface area contributed by atoms with Crippen LogP contribution in [0.25, 0.3) is 17.1 Å². The van der Waals surface area contributed by atoms with Crippen molar-refractivity contribution in [2.45, 2.75) is 44.8 Å². The van der Waals surface area contributed by atoms with Crippen LogP contribution in [0.2, 0.25) is 0 Å². The molecule has 2 aliphatic rings. The minimum Gasteiger partial charge on any atom is -0.381 e. The summed E-state index contributed by atoms with van der Waals surface area (Å²) in [6.45, 7) is 2.76. The van der Waals surface area contributed by atoms with E-state index in [0.29, 0.717) is 23.5 Å². The average Bonchev–Trinajstić information content (AvgIpc) is 3.24. The van der Waals surface area contributed by atoms with Crippen molar-refractivity contribution < 1.29 is 9.13 Å². The maximum Gasteiger partial charge on any atom is 0.158 e. The Bertz CT molecular complexity index is 854. The average molecular weight is 369 g/mol. The first kappa shape index (κ1) is 17.9. The van der Waals surface area contributed by atoms with Crippen LogP contribution in [-0.4, -0.2) is 52.1 Å². The Morgan fingerprint density at radius 2 is 2.00 bits per heavy atom. The molecule has 0 saturated heterocycles. The molecule has 7 heteroatoms. The lowest BCUT2D eigenvalue weighted by molar-refractivity contribution is 0.0501. The maximum atomic E-state index is 14.7. The van der Waals surface area contributed by atoms with Crippen LogP contribution in [0.1, 0.15) is 36.8 Å². The third kappa shape index (κ3) is 3.64. The summed E-state index contributed by atoms with van der Waals surface area (Å²) >= 11 is 0. The highest BCUT2D eigenvalue weighted by Crippen LogP contribution is 2.31. The molecule has 142 valence electrons. The van der Waals surface area contributed by atoms with Gasteiger partial charge in [0.05, 0.1) is 23.9 Å². The molecule has 0 atom stereocenters. The third-order valence-electron chi connectivity index (χ3n) is 5.52. The molecule has 0 bridgehead atoms. The number of halogens is 1. The Balaban J connectivity index is 1.58. The number of methoxy groups -OCH3 is 1. The number of benzene rings is 1. The van der Waals surface area contributed by atoms with E-state index in [-0.39, 0.29) is 5.82 Å². The monoisotopic (exact) mass is 369 g/mol. The van der Waals surface area contributed by atoms with E-state index in [4.69, 9.17) is 4.74 Å². The minimum atomic E-state index is -0.332. The van der Waals surface area contributed by atoms with Crippen LogP contribution in [0.5, 0.6) is 0 Å². The summed E-state index contributed by atoms with van der Waals surface area (Å²) in [6.07, 6.45) is 10.1. The molecule has 0 unspecified atom stereocenters. The fourth-order valence-electron chi connectivity index (χ4n) is 3.96. The highest BCUT2D eigenvalue weighted by Gasteiger charge is 2.26. The number of hydrogen-bond donors (Lipinski definition) is 1. The number of aromatic amines is 1. The van der Waals surface area contributed by atoms with Gasteiger partial charge in [0.15, 0.2) is 5.82 Å². The zero-order chi connectivity index (χ0) is 18.8. The number of H-pyrrole nitrogens is 1. The second-order valence-corrected chi connectivity index (χ2v) is 7.17. The lowest BCUT2D eigenvalue weighted by Crippen LogP contribution is -2.38. The summed E-state index contributed by atoms with van der Waals surface area (Å²) in [5, 5.41) is 6.52. The normalized spacial score (nSPS) is 22.8. The second-order valence-electron chi connectivity index (χ2n) is 7.17. The Kier molecular flexibility index (Phi) is 5.03. The molecule has 1 aliphatic carbocycles. The molecule has 6 nitrogen and oxygen atoms in total. The van der Waals surface area contributed by atoms with Gasteiger partial charge in [-0.25, -0.2) is 9.37 Å². The molecule has 1 saturated carbocycles. The Morgan fingerprint density at radius 1 is 1.19 bits per heavy atom. The van der Waals surface area contributed by atoms with Crippen molar-refractivity contribution in [2.24, 2.45) is 4.99 Å². The lowest BCUT2D eigenvalue weighted by atomic mass is 9.91. The molecular weight excluding hydrogens is 345 g/mol. The summed E-state index contributed by atoms with van der Waals surface area (Å²) in [5.74, 6) is 0.0981. The third-order valence-corrected chi connectivity index (χ3v) is 5.52. The van der Waals surface area contributed by atoms with Crippen molar-refractivity contribution in [3.8, 4) is 11.4 Å². The molecule has 0 spiro atoms. The molecule has 1 aromatic carbocycles. The molecule has 2 aromatic rings. The molecule has 1 aromatic heterocycles. The van der Waals surface area contributed by atoms with Gasteiger partial charge in [0.1, 0.15) is 12.1 Å². The molecule has 1 aliphatic heterocycles. The minimum absolute atomic E-state index is 0.332. The van der Waals surface area contributed by atoms with Gasteiger partial charge in [-0.15, -0.1) is 0 Å². The summed E-state index contributed by atoms with van der Waals surface area (Å²) in [5.41, 5.74) is 2.98. The van der Waals surface area contributed by atoms with Crippen LogP contribution in [0.3, 0.4) is 0 Å². The van der Waals surface area contributed by atoms with Gasteiger partial charge in [-0.1, -0.05) is 0 Å². The van der Waals surface area contributed by atoms with Gasteiger partial charge in [0.25, 0.3) is 0 Å². The molecular formula is C20H24FN5O. The van der Waals surface area contributed by atoms with Gasteiger partial charge in [0.2, 0.25) is 0 Å². The fraction of sp³-hybridized carbons (Fsp3) is 0.450. The van der Waals surface area contributed by atoms with E-state index in [1.54, 1.807) is 19.2 Å². The fourth-order valence-corrected chi connectivity index (χ4v) is 3.96. The van der Waals surface area contributed by atoms with Crippen molar-refractivity contribution in [1.29, 1.82) is 0 Å². The van der Waals surface area contributed by atoms with Gasteiger partial charge in [-0.3, -0.25) is 10.1 Å². The molecule has 1 N–H and O–H groups in total. The standard InChI is InChI=1S/C20H24FN5O/c1-13-9-17(20-23-12-24-25-20)18(21)10-16(13)19-11-26(8-7-22-19)14-3-5-15(27-2)6-4-14/h7,9-12,14-15H,3-6,8H2,1-2H3,(H,23,24,25). The maximum absolute atomic E-state index is 14.7. The zero-order valence-electron chi connectivity index (χ0n) is 15.7. The smallest absolute Gasteiger partial charge is 0.158 e. The van der Waals surface area contributed by atoms with E-state index < -0.39 is 0 Å². The molecule has 4 rings (SSSR count). The zero-order valence-corrected chi connectivity index (χ0v) is 15.7. The van der Waals surface area contributed by atoms with Gasteiger partial charge < -0.3 is 9.64 Å². The van der Waals surface area contributed by atoms with Gasteiger partial charge in [-0.05, 0) is 50.3 Å². The van der Waals surface area contributed by atoms with Crippen molar-refractivity contribution in [2.75, 3.05) is 13.7 Å². The predicted molar refractivity (Wildman–Crippen MR) is 103 cm³/mol. The van der Waals surface area contributed by atoms with Gasteiger partial charge in [0, 0.05) is 31.1 Å². The van der Waals surface area contributed by atoms with Crippen LogP contribution < -0.4 is 0 Å². The number of nitrogens with one attached hydrogen (secondary N) is 1. The molecule has 2 heterocycles. The topological polar surface area (TPSA) is 66.4 Å². The Labute approximate surface area is 158 Å². The molecule has 0 amide bonds. The SMILES string of the molecule is COC1CCC(N2C=C(c3cc(F)c(-c4ncn[nH]4)cc3C)N=CC2)CC1. The highest BCUT2D eigenvalue weighted by molar-refractivity contribution is 5.79. The number of ether oxygens (including phenoxy) is 1. The predicted octanol–water partition coefficient (Wildman–Crippen LogP) is 3.56. The first-order valence-corrected chi connectivity index (χ1v) is 9.35. The summed E-state index contributed by atoms with van der Waals surface area (Å²) < 4.78 is 20.2. The number of rotatable bonds is 4. The number of hydrogen-bond acceptors (Lipinski definition) is 5. The van der Waals surface area contributed by atoms with Crippen molar-refractivity contribution in [1.82, 2.24) is 20.1 Å². The van der Waals surface area contributed by atoms with E-state index in [9.17, 15) is 4.39 Å². The van der Waals surface area contributed by atoms with Crippen molar-refractivity contribution in [3.05, 3.63) is 41.6 Å². The van der Waals surface area contributed by atoms with Crippen LogP contribution in [0.15, 0.2) is 29.7 Å². The number of aromatic nitrogens is 3. The highest BCUT2D eigenvalue weighted by atomic mass is 19.1. The number of aryl methyl sites for hydroxylation is 1. The largest absolute Gasteiger partial charge is 0.381 e. The Morgan fingerprint density at radius 3 is 2.70 bits per heavy atom. The lowest BCUT2D eigenvalue weighted by Gasteiger charge is -2.36. The van der Waals surface area contributed by atoms with E-state index in [1.807, 2.05) is 13.1 Å². The molecule has 1 fully saturated rings. The van der Waals surface area contributed by atoms with Crippen LogP contribution >= 0.6 is 0 Å². The van der Waals surface area contributed by atoms with Crippen LogP contribution in [0, 0.1) is 12.7 Å². The first-order chi connectivity index (χ1) is 13.2. The van der Waals surface area contributed by atoms with Crippen molar-refractivity contribution >= 4 is 11.9 Å². The Hall–Kier alpha value is -2.54. The van der Waals surface area contributed by atoms with Crippen LogP contribution in [-0.2, 0) is 4.74 Å². The molecule has 0 radical (unpaired) electrons. The molecule has 27 heavy (non-hydrogen) atoms. The van der Waals surface area contributed by atoms with Gasteiger partial charge >= 0.3 is 0 Å².